The third-order valence-corrected chi connectivity index (χ3v) is 5.78. The van der Waals surface area contributed by atoms with E-state index in [1.807, 2.05) is 18.4 Å². The maximum atomic E-state index is 14.5. The molecule has 5 nitrogen and oxygen atoms in total. The predicted octanol–water partition coefficient (Wildman–Crippen LogP) is 3.78. The van der Waals surface area contributed by atoms with Gasteiger partial charge in [0.2, 0.25) is 0 Å². The summed E-state index contributed by atoms with van der Waals surface area (Å²) in [6, 6.07) is 4.63. The van der Waals surface area contributed by atoms with E-state index < -0.39 is 0 Å². The fourth-order valence-electron chi connectivity index (χ4n) is 4.03. The fraction of sp³-hybridized carbons (Fsp3) is 0.471. The van der Waals surface area contributed by atoms with E-state index in [1.165, 1.54) is 17.6 Å². The third-order valence-electron chi connectivity index (χ3n) is 5.26. The minimum atomic E-state index is -0.325. The van der Waals surface area contributed by atoms with Crippen LogP contribution < -0.4 is 10.2 Å². The van der Waals surface area contributed by atoms with Crippen LogP contribution in [0.15, 0.2) is 23.6 Å². The molecule has 1 aromatic carbocycles. The van der Waals surface area contributed by atoms with Crippen LogP contribution in [0.1, 0.15) is 49.9 Å². The number of rotatable bonds is 2. The third kappa shape index (κ3) is 2.38. The van der Waals surface area contributed by atoms with E-state index in [9.17, 15) is 9.18 Å². The van der Waals surface area contributed by atoms with Crippen LogP contribution in [0.5, 0.6) is 0 Å². The van der Waals surface area contributed by atoms with Gasteiger partial charge >= 0.3 is 6.03 Å². The Morgan fingerprint density at radius 3 is 2.92 bits per heavy atom. The maximum absolute atomic E-state index is 14.5. The summed E-state index contributed by atoms with van der Waals surface area (Å²) < 4.78 is 18.3. The van der Waals surface area contributed by atoms with E-state index >= 15 is 0 Å². The second kappa shape index (κ2) is 5.81. The van der Waals surface area contributed by atoms with Crippen LogP contribution in [0, 0.1) is 5.82 Å². The van der Waals surface area contributed by atoms with Crippen molar-refractivity contribution in [1.29, 1.82) is 0 Å². The Bertz CT molecular complexity index is 758. The Morgan fingerprint density at radius 1 is 1.42 bits per heavy atom. The average Bonchev–Trinajstić information content (AvgIpc) is 3.30. The Morgan fingerprint density at radius 2 is 2.21 bits per heavy atom. The largest absolute Gasteiger partial charge is 0.329 e. The summed E-state index contributed by atoms with van der Waals surface area (Å²) in [5.41, 5.74) is 2.07. The molecule has 126 valence electrons. The van der Waals surface area contributed by atoms with Crippen LogP contribution >= 0.6 is 11.5 Å². The molecule has 1 fully saturated rings. The summed E-state index contributed by atoms with van der Waals surface area (Å²) >= 11 is 1.25. The SMILES string of the molecule is CC(NC(=O)N1CC2(CCCC2)c2cccc(F)c21)c1csnn1. The molecule has 1 unspecified atom stereocenters. The summed E-state index contributed by atoms with van der Waals surface area (Å²) in [6.45, 7) is 2.41. The topological polar surface area (TPSA) is 58.1 Å². The first kappa shape index (κ1) is 15.5. The smallest absolute Gasteiger partial charge is 0.322 e. The van der Waals surface area contributed by atoms with Crippen LogP contribution in [0.4, 0.5) is 14.9 Å². The van der Waals surface area contributed by atoms with Crippen molar-refractivity contribution < 1.29 is 9.18 Å². The number of para-hydroxylation sites is 1. The van der Waals surface area contributed by atoms with Crippen molar-refractivity contribution in [3.05, 3.63) is 40.7 Å². The minimum absolute atomic E-state index is 0.0831. The summed E-state index contributed by atoms with van der Waals surface area (Å²) in [4.78, 5) is 14.4. The number of anilines is 1. The molecule has 4 rings (SSSR count). The first-order valence-corrected chi connectivity index (χ1v) is 9.08. The summed E-state index contributed by atoms with van der Waals surface area (Å²) in [5, 5.41) is 8.72. The van der Waals surface area contributed by atoms with Gasteiger partial charge in [-0.1, -0.05) is 29.5 Å². The van der Waals surface area contributed by atoms with Gasteiger partial charge in [-0.15, -0.1) is 5.10 Å². The highest BCUT2D eigenvalue weighted by Crippen LogP contribution is 2.51. The molecule has 1 aromatic heterocycles. The zero-order valence-electron chi connectivity index (χ0n) is 13.5. The van der Waals surface area contributed by atoms with Crippen LogP contribution in [-0.4, -0.2) is 22.2 Å². The number of urea groups is 1. The van der Waals surface area contributed by atoms with Crippen LogP contribution in [0.2, 0.25) is 0 Å². The first-order valence-electron chi connectivity index (χ1n) is 8.25. The Kier molecular flexibility index (Phi) is 3.75. The molecule has 1 N–H and O–H groups in total. The van der Waals surface area contributed by atoms with E-state index in [0.29, 0.717) is 12.2 Å². The van der Waals surface area contributed by atoms with Gasteiger partial charge in [-0.3, -0.25) is 4.90 Å². The van der Waals surface area contributed by atoms with Crippen molar-refractivity contribution in [2.24, 2.45) is 0 Å². The van der Waals surface area contributed by atoms with Gasteiger partial charge in [0.15, 0.2) is 0 Å². The number of carbonyl (C=O) groups excluding carboxylic acids is 1. The Hall–Kier alpha value is -2.02. The van der Waals surface area contributed by atoms with Crippen LogP contribution in [0.3, 0.4) is 0 Å². The number of nitrogens with zero attached hydrogens (tertiary/aromatic N) is 3. The number of amides is 2. The minimum Gasteiger partial charge on any atom is -0.329 e. The lowest BCUT2D eigenvalue weighted by molar-refractivity contribution is 0.242. The van der Waals surface area contributed by atoms with Crippen molar-refractivity contribution in [1.82, 2.24) is 14.9 Å². The fourth-order valence-corrected chi connectivity index (χ4v) is 4.58. The number of benzene rings is 1. The first-order chi connectivity index (χ1) is 11.6. The molecule has 1 atom stereocenters. The highest BCUT2D eigenvalue weighted by atomic mass is 32.1. The quantitative estimate of drug-likeness (QED) is 0.900. The summed E-state index contributed by atoms with van der Waals surface area (Å²) in [6.07, 6.45) is 4.29. The van der Waals surface area contributed by atoms with Gasteiger partial charge in [0.05, 0.1) is 17.4 Å². The second-order valence-corrected chi connectivity index (χ2v) is 7.32. The number of fused-ring (bicyclic) bond motifs is 2. The molecule has 0 saturated heterocycles. The number of carbonyl (C=O) groups is 1. The molecule has 24 heavy (non-hydrogen) atoms. The zero-order valence-corrected chi connectivity index (χ0v) is 14.3. The van der Waals surface area contributed by atoms with Gasteiger partial charge in [-0.2, -0.15) is 0 Å². The molecular formula is C17H19FN4OS. The number of halogens is 1. The normalized spacial score (nSPS) is 19.5. The summed E-state index contributed by atoms with van der Waals surface area (Å²) in [7, 11) is 0. The molecule has 1 aliphatic heterocycles. The van der Waals surface area contributed by atoms with Crippen LogP contribution in [0.25, 0.3) is 0 Å². The maximum Gasteiger partial charge on any atom is 0.322 e. The van der Waals surface area contributed by atoms with Gasteiger partial charge in [-0.25, -0.2) is 9.18 Å². The molecule has 2 aromatic rings. The molecule has 1 aliphatic carbocycles. The molecule has 1 saturated carbocycles. The molecule has 1 spiro atoms. The Labute approximate surface area is 144 Å². The van der Waals surface area contributed by atoms with Crippen LogP contribution in [-0.2, 0) is 5.41 Å². The monoisotopic (exact) mass is 346 g/mol. The van der Waals surface area contributed by atoms with E-state index in [4.69, 9.17) is 0 Å². The zero-order chi connectivity index (χ0) is 16.7. The van der Waals surface area contributed by atoms with Gasteiger partial charge in [-0.05, 0) is 42.9 Å². The molecule has 2 heterocycles. The van der Waals surface area contributed by atoms with Crippen molar-refractivity contribution in [2.45, 2.75) is 44.1 Å². The average molecular weight is 346 g/mol. The number of hydrogen-bond acceptors (Lipinski definition) is 4. The second-order valence-electron chi connectivity index (χ2n) is 6.71. The van der Waals surface area contributed by atoms with E-state index in [2.05, 4.69) is 14.9 Å². The van der Waals surface area contributed by atoms with Gasteiger partial charge in [0.25, 0.3) is 0 Å². The van der Waals surface area contributed by atoms with E-state index in [-0.39, 0.29) is 23.3 Å². The van der Waals surface area contributed by atoms with Crippen molar-refractivity contribution in [2.75, 3.05) is 11.4 Å². The number of nitrogens with one attached hydrogen (secondary N) is 1. The molecule has 7 heteroatoms. The molecule has 0 bridgehead atoms. The lowest BCUT2D eigenvalue weighted by atomic mass is 9.81. The standard InChI is InChI=1S/C17H19FN4OS/c1-11(14-9-24-21-20-14)19-16(23)22-10-17(7-2-3-8-17)12-5-4-6-13(18)15(12)22/h4-6,9,11H,2-3,7-8,10H2,1H3,(H,19,23). The molecule has 2 amide bonds. The number of hydrogen-bond donors (Lipinski definition) is 1. The highest BCUT2D eigenvalue weighted by molar-refractivity contribution is 7.03. The van der Waals surface area contributed by atoms with E-state index in [0.717, 1.165) is 36.9 Å². The van der Waals surface area contributed by atoms with Gasteiger partial charge in [0.1, 0.15) is 5.82 Å². The van der Waals surface area contributed by atoms with Gasteiger partial charge in [0, 0.05) is 17.3 Å². The number of aromatic nitrogens is 2. The lowest BCUT2D eigenvalue weighted by Gasteiger charge is -2.25. The molecule has 0 radical (unpaired) electrons. The Balaban J connectivity index is 1.63. The van der Waals surface area contributed by atoms with Crippen molar-refractivity contribution in [3.8, 4) is 0 Å². The highest BCUT2D eigenvalue weighted by Gasteiger charge is 2.47. The van der Waals surface area contributed by atoms with Gasteiger partial charge < -0.3 is 5.32 Å². The molecule has 2 aliphatic rings. The lowest BCUT2D eigenvalue weighted by Crippen LogP contribution is -2.43. The van der Waals surface area contributed by atoms with Crippen molar-refractivity contribution >= 4 is 23.3 Å². The summed E-state index contributed by atoms with van der Waals surface area (Å²) in [5.74, 6) is -0.325. The molecular weight excluding hydrogens is 327 g/mol. The predicted molar refractivity (Wildman–Crippen MR) is 90.7 cm³/mol. The van der Waals surface area contributed by atoms with E-state index in [1.54, 1.807) is 11.0 Å². The van der Waals surface area contributed by atoms with Crippen molar-refractivity contribution in [3.63, 3.8) is 0 Å².